The lowest BCUT2D eigenvalue weighted by atomic mass is 9.94. The molecule has 0 bridgehead atoms. The van der Waals surface area contributed by atoms with Crippen LogP contribution in [-0.4, -0.2) is 60.1 Å². The van der Waals surface area contributed by atoms with Gasteiger partial charge in [0.1, 0.15) is 5.69 Å². The van der Waals surface area contributed by atoms with Crippen molar-refractivity contribution < 1.29 is 22.7 Å². The van der Waals surface area contributed by atoms with Gasteiger partial charge in [0.05, 0.1) is 12.6 Å². The van der Waals surface area contributed by atoms with Crippen molar-refractivity contribution in [3.63, 3.8) is 0 Å². The molecular weight excluding hydrogens is 447 g/mol. The molecule has 2 atom stereocenters. The van der Waals surface area contributed by atoms with Gasteiger partial charge in [-0.2, -0.15) is 5.10 Å². The van der Waals surface area contributed by atoms with Gasteiger partial charge in [-0.25, -0.2) is 22.6 Å². The Morgan fingerprint density at radius 3 is 2.59 bits per heavy atom. The maximum Gasteiger partial charge on any atom is 0.320 e. The van der Waals surface area contributed by atoms with Crippen molar-refractivity contribution in [2.24, 2.45) is 7.05 Å². The number of benzene rings is 2. The first-order valence-corrected chi connectivity index (χ1v) is 10.9. The summed E-state index contributed by atoms with van der Waals surface area (Å²) in [6.07, 6.45) is 0. The van der Waals surface area contributed by atoms with E-state index in [1.54, 1.807) is 31.4 Å². The molecular formula is C24H26F3N5O2. The van der Waals surface area contributed by atoms with Crippen LogP contribution in [0.1, 0.15) is 11.5 Å². The average Bonchev–Trinajstić information content (AvgIpc) is 3.35. The van der Waals surface area contributed by atoms with E-state index < -0.39 is 29.5 Å². The van der Waals surface area contributed by atoms with Gasteiger partial charge in [-0.05, 0) is 17.7 Å². The second kappa shape index (κ2) is 10.3. The zero-order valence-corrected chi connectivity index (χ0v) is 18.9. The molecule has 1 fully saturated rings. The molecule has 1 saturated heterocycles. The van der Waals surface area contributed by atoms with E-state index in [2.05, 4.69) is 20.6 Å². The fraction of sp³-hybridized carbons (Fsp3) is 0.333. The summed E-state index contributed by atoms with van der Waals surface area (Å²) in [5.74, 6) is -2.87. The van der Waals surface area contributed by atoms with Crippen molar-refractivity contribution in [1.82, 2.24) is 20.0 Å². The monoisotopic (exact) mass is 473 g/mol. The lowest BCUT2D eigenvalue weighted by Crippen LogP contribution is -2.42. The van der Waals surface area contributed by atoms with Crippen LogP contribution in [0.3, 0.4) is 0 Å². The second-order valence-electron chi connectivity index (χ2n) is 8.24. The summed E-state index contributed by atoms with van der Waals surface area (Å²) in [6, 6.07) is 11.5. The van der Waals surface area contributed by atoms with Crippen molar-refractivity contribution in [3.05, 3.63) is 71.5 Å². The zero-order chi connectivity index (χ0) is 24.2. The molecule has 1 aromatic heterocycles. The number of methoxy groups -OCH3 is 1. The number of ether oxygens (including phenoxy) is 1. The second-order valence-corrected chi connectivity index (χ2v) is 8.24. The summed E-state index contributed by atoms with van der Waals surface area (Å²) in [4.78, 5) is 14.9. The Balaban J connectivity index is 1.51. The predicted molar refractivity (Wildman–Crippen MR) is 122 cm³/mol. The number of carbonyl (C=O) groups is 1. The lowest BCUT2D eigenvalue weighted by Gasteiger charge is -2.20. The van der Waals surface area contributed by atoms with Crippen LogP contribution in [0.15, 0.2) is 48.5 Å². The van der Waals surface area contributed by atoms with E-state index in [1.165, 1.54) is 17.8 Å². The molecule has 1 aliphatic rings. The van der Waals surface area contributed by atoms with Crippen molar-refractivity contribution in [1.29, 1.82) is 0 Å². The van der Waals surface area contributed by atoms with Gasteiger partial charge >= 0.3 is 6.03 Å². The average molecular weight is 473 g/mol. The van der Waals surface area contributed by atoms with Crippen molar-refractivity contribution in [3.8, 4) is 11.3 Å². The van der Waals surface area contributed by atoms with Crippen molar-refractivity contribution in [2.75, 3.05) is 38.7 Å². The summed E-state index contributed by atoms with van der Waals surface area (Å²) in [7, 11) is 3.13. The minimum absolute atomic E-state index is 0.0741. The van der Waals surface area contributed by atoms with Crippen LogP contribution in [0.2, 0.25) is 0 Å². The molecule has 1 aliphatic heterocycles. The largest absolute Gasteiger partial charge is 0.383 e. The number of urea groups is 1. The van der Waals surface area contributed by atoms with Gasteiger partial charge in [0, 0.05) is 45.3 Å². The minimum Gasteiger partial charge on any atom is -0.383 e. The van der Waals surface area contributed by atoms with Gasteiger partial charge in [0.15, 0.2) is 23.3 Å². The Bertz CT molecular complexity index is 1160. The Labute approximate surface area is 195 Å². The summed E-state index contributed by atoms with van der Waals surface area (Å²) in [5, 5.41) is 9.60. The molecule has 180 valence electrons. The fourth-order valence-electron chi connectivity index (χ4n) is 4.24. The summed E-state index contributed by atoms with van der Waals surface area (Å²) < 4.78 is 48.8. The van der Waals surface area contributed by atoms with Crippen LogP contribution in [0.5, 0.6) is 0 Å². The van der Waals surface area contributed by atoms with Crippen molar-refractivity contribution in [2.45, 2.75) is 12.0 Å². The normalized spacial score (nSPS) is 18.3. The molecule has 2 heterocycles. The van der Waals surface area contributed by atoms with Crippen LogP contribution < -0.4 is 10.6 Å². The predicted octanol–water partition coefficient (Wildman–Crippen LogP) is 3.74. The molecule has 4 rings (SSSR count). The minimum atomic E-state index is -0.943. The van der Waals surface area contributed by atoms with Gasteiger partial charge in [-0.3, -0.25) is 10.2 Å². The number of likely N-dealkylation sites (tertiary alicyclic amines) is 1. The Hall–Kier alpha value is -3.37. The van der Waals surface area contributed by atoms with E-state index in [9.17, 15) is 13.6 Å². The van der Waals surface area contributed by atoms with Gasteiger partial charge < -0.3 is 10.1 Å². The number of aromatic nitrogens is 2. The van der Waals surface area contributed by atoms with Gasteiger partial charge in [0.25, 0.3) is 0 Å². The molecule has 2 amide bonds. The highest BCUT2D eigenvalue weighted by atomic mass is 19.2. The highest BCUT2D eigenvalue weighted by molar-refractivity contribution is 5.89. The maximum absolute atomic E-state index is 15.1. The Morgan fingerprint density at radius 2 is 1.88 bits per heavy atom. The summed E-state index contributed by atoms with van der Waals surface area (Å²) in [6.45, 7) is 2.11. The molecule has 0 aliphatic carbocycles. The topological polar surface area (TPSA) is 71.4 Å². The number of halogens is 3. The summed E-state index contributed by atoms with van der Waals surface area (Å²) in [5.41, 5.74) is 1.29. The standard InChI is InChI=1S/C24H26F3N5O2/c1-31-23(21(27)22(30-31)15-6-4-3-5-7-15)29-24(33)28-20-14-32(10-11-34-2)13-17(20)16-8-9-18(25)19(26)12-16/h3-9,12,17,20H,10-11,13-14H2,1-2H3,(H2,28,29,33). The lowest BCUT2D eigenvalue weighted by molar-refractivity contribution is 0.159. The van der Waals surface area contributed by atoms with E-state index in [4.69, 9.17) is 4.74 Å². The van der Waals surface area contributed by atoms with Gasteiger partial charge in [-0.1, -0.05) is 36.4 Å². The molecule has 34 heavy (non-hydrogen) atoms. The highest BCUT2D eigenvalue weighted by Crippen LogP contribution is 2.30. The van der Waals surface area contributed by atoms with Crippen LogP contribution in [-0.2, 0) is 11.8 Å². The van der Waals surface area contributed by atoms with E-state index >= 15 is 4.39 Å². The molecule has 2 N–H and O–H groups in total. The molecule has 10 heteroatoms. The smallest absolute Gasteiger partial charge is 0.320 e. The fourth-order valence-corrected chi connectivity index (χ4v) is 4.24. The number of nitrogens with one attached hydrogen (secondary N) is 2. The Morgan fingerprint density at radius 1 is 1.12 bits per heavy atom. The molecule has 0 saturated carbocycles. The van der Waals surface area contributed by atoms with Crippen LogP contribution in [0.4, 0.5) is 23.8 Å². The van der Waals surface area contributed by atoms with Crippen molar-refractivity contribution >= 4 is 11.8 Å². The number of carbonyl (C=O) groups excluding carboxylic acids is 1. The van der Waals surface area contributed by atoms with Crippen LogP contribution in [0.25, 0.3) is 11.3 Å². The van der Waals surface area contributed by atoms with E-state index in [0.29, 0.717) is 37.4 Å². The molecule has 0 radical (unpaired) electrons. The first-order valence-electron chi connectivity index (χ1n) is 10.9. The molecule has 7 nitrogen and oxygen atoms in total. The van der Waals surface area contributed by atoms with Gasteiger partial charge in [-0.15, -0.1) is 0 Å². The quantitative estimate of drug-likeness (QED) is 0.549. The number of amides is 2. The highest BCUT2D eigenvalue weighted by Gasteiger charge is 2.35. The molecule has 0 spiro atoms. The van der Waals surface area contributed by atoms with E-state index in [1.807, 2.05) is 6.07 Å². The first kappa shape index (κ1) is 23.8. The number of rotatable bonds is 7. The SMILES string of the molecule is COCCN1CC(NC(=O)Nc2c(F)c(-c3ccccc3)nn2C)C(c2ccc(F)c(F)c2)C1. The van der Waals surface area contributed by atoms with Gasteiger partial charge in [0.2, 0.25) is 0 Å². The maximum atomic E-state index is 15.1. The third-order valence-electron chi connectivity index (χ3n) is 5.96. The first-order chi connectivity index (χ1) is 16.4. The number of aryl methyl sites for hydroxylation is 1. The summed E-state index contributed by atoms with van der Waals surface area (Å²) >= 11 is 0. The number of hydrogen-bond acceptors (Lipinski definition) is 4. The number of anilines is 1. The van der Waals surface area contributed by atoms with Crippen LogP contribution in [0, 0.1) is 17.5 Å². The Kier molecular flexibility index (Phi) is 7.18. The zero-order valence-electron chi connectivity index (χ0n) is 18.9. The van der Waals surface area contributed by atoms with Crippen LogP contribution >= 0.6 is 0 Å². The number of hydrogen-bond donors (Lipinski definition) is 2. The third-order valence-corrected chi connectivity index (χ3v) is 5.96. The third kappa shape index (κ3) is 5.07. The van der Waals surface area contributed by atoms with E-state index in [0.717, 1.165) is 12.1 Å². The number of nitrogens with zero attached hydrogens (tertiary/aromatic N) is 3. The molecule has 2 aromatic carbocycles. The van der Waals surface area contributed by atoms with E-state index in [-0.39, 0.29) is 17.4 Å². The molecule has 3 aromatic rings. The molecule has 2 unspecified atom stereocenters.